The fourth-order valence-corrected chi connectivity index (χ4v) is 1.23. The molecule has 0 atom stereocenters. The summed E-state index contributed by atoms with van der Waals surface area (Å²) < 4.78 is 6.22. The van der Waals surface area contributed by atoms with Gasteiger partial charge >= 0.3 is 0 Å². The van der Waals surface area contributed by atoms with E-state index in [1.807, 2.05) is 19.0 Å². The Morgan fingerprint density at radius 1 is 1.50 bits per heavy atom. The molecule has 12 heavy (non-hydrogen) atoms. The monoisotopic (exact) mass is 207 g/mol. The van der Waals surface area contributed by atoms with Gasteiger partial charge in [-0.1, -0.05) is 37.3 Å². The Morgan fingerprint density at radius 2 is 2.17 bits per heavy atom. The molecule has 0 bridgehead atoms. The molecule has 0 saturated heterocycles. The standard InChI is InChI=1S/C8H17NOS2/c1-4-5-6-10-7-12-8(11)9(2)3/h4-7H2,1-3H3. The minimum atomic E-state index is 0.678. The number of hydrogen-bond acceptors (Lipinski definition) is 3. The van der Waals surface area contributed by atoms with Gasteiger partial charge in [-0.15, -0.1) is 0 Å². The first-order chi connectivity index (χ1) is 5.68. The molecular weight excluding hydrogens is 190 g/mol. The van der Waals surface area contributed by atoms with E-state index in [1.54, 1.807) is 11.8 Å². The Kier molecular flexibility index (Phi) is 7.96. The van der Waals surface area contributed by atoms with E-state index in [4.69, 9.17) is 17.0 Å². The average molecular weight is 207 g/mol. The van der Waals surface area contributed by atoms with E-state index in [0.29, 0.717) is 5.94 Å². The van der Waals surface area contributed by atoms with Gasteiger partial charge in [-0.05, 0) is 6.42 Å². The number of unbranched alkanes of at least 4 members (excludes halogenated alkanes) is 1. The Morgan fingerprint density at radius 3 is 2.67 bits per heavy atom. The van der Waals surface area contributed by atoms with Crippen LogP contribution in [0.3, 0.4) is 0 Å². The van der Waals surface area contributed by atoms with Crippen LogP contribution in [0, 0.1) is 0 Å². The lowest BCUT2D eigenvalue weighted by atomic mass is 10.4. The Balaban J connectivity index is 3.14. The molecule has 0 rings (SSSR count). The van der Waals surface area contributed by atoms with Crippen LogP contribution in [0.15, 0.2) is 0 Å². The number of rotatable bonds is 5. The van der Waals surface area contributed by atoms with Crippen molar-refractivity contribution in [2.45, 2.75) is 19.8 Å². The summed E-state index contributed by atoms with van der Waals surface area (Å²) in [7, 11) is 3.89. The van der Waals surface area contributed by atoms with Crippen LogP contribution in [-0.4, -0.2) is 35.9 Å². The van der Waals surface area contributed by atoms with Gasteiger partial charge in [-0.3, -0.25) is 0 Å². The van der Waals surface area contributed by atoms with Gasteiger partial charge in [0.15, 0.2) is 0 Å². The van der Waals surface area contributed by atoms with Gasteiger partial charge in [0.1, 0.15) is 4.32 Å². The lowest BCUT2D eigenvalue weighted by Gasteiger charge is -2.12. The highest BCUT2D eigenvalue weighted by molar-refractivity contribution is 8.22. The molecular formula is C8H17NOS2. The first-order valence-corrected chi connectivity index (χ1v) is 5.49. The summed E-state index contributed by atoms with van der Waals surface area (Å²) in [5.74, 6) is 0.678. The first-order valence-electron chi connectivity index (χ1n) is 4.10. The summed E-state index contributed by atoms with van der Waals surface area (Å²) in [6.07, 6.45) is 2.32. The molecule has 72 valence electrons. The van der Waals surface area contributed by atoms with Gasteiger partial charge in [0.05, 0.1) is 5.94 Å². The average Bonchev–Trinajstić information content (AvgIpc) is 2.03. The van der Waals surface area contributed by atoms with Crippen molar-refractivity contribution in [3.63, 3.8) is 0 Å². The Labute approximate surface area is 84.6 Å². The van der Waals surface area contributed by atoms with Gasteiger partial charge in [-0.2, -0.15) is 0 Å². The highest BCUT2D eigenvalue weighted by Crippen LogP contribution is 2.06. The molecule has 0 heterocycles. The first kappa shape index (κ1) is 12.2. The topological polar surface area (TPSA) is 12.5 Å². The maximum absolute atomic E-state index is 5.34. The SMILES string of the molecule is CCCCOCSC(=S)N(C)C. The summed E-state index contributed by atoms with van der Waals surface area (Å²) in [4.78, 5) is 1.92. The van der Waals surface area contributed by atoms with Crippen LogP contribution in [-0.2, 0) is 4.74 Å². The molecule has 0 aliphatic heterocycles. The summed E-state index contributed by atoms with van der Waals surface area (Å²) in [6.45, 7) is 3.00. The van der Waals surface area contributed by atoms with Crippen LogP contribution in [0.2, 0.25) is 0 Å². The number of thiocarbonyl (C=S) groups is 1. The Bertz CT molecular complexity index is 128. The fourth-order valence-electron chi connectivity index (χ4n) is 0.526. The zero-order valence-corrected chi connectivity index (χ0v) is 9.63. The van der Waals surface area contributed by atoms with Crippen molar-refractivity contribution in [3.8, 4) is 0 Å². The third-order valence-electron chi connectivity index (χ3n) is 1.27. The van der Waals surface area contributed by atoms with E-state index in [1.165, 1.54) is 6.42 Å². The largest absolute Gasteiger partial charge is 0.370 e. The maximum Gasteiger partial charge on any atom is 0.138 e. The number of hydrogen-bond donors (Lipinski definition) is 0. The van der Waals surface area contributed by atoms with Gasteiger partial charge in [0.25, 0.3) is 0 Å². The lowest BCUT2D eigenvalue weighted by Crippen LogP contribution is -2.16. The zero-order valence-electron chi connectivity index (χ0n) is 8.00. The molecule has 0 aliphatic carbocycles. The van der Waals surface area contributed by atoms with Gasteiger partial charge < -0.3 is 9.64 Å². The number of ether oxygens (including phenoxy) is 1. The van der Waals surface area contributed by atoms with Crippen LogP contribution < -0.4 is 0 Å². The third-order valence-corrected chi connectivity index (χ3v) is 2.89. The molecule has 0 aromatic heterocycles. The smallest absolute Gasteiger partial charge is 0.138 e. The summed E-state index contributed by atoms with van der Waals surface area (Å²) in [5, 5.41) is 0. The fraction of sp³-hybridized carbons (Fsp3) is 0.875. The maximum atomic E-state index is 5.34. The molecule has 0 aromatic rings. The van der Waals surface area contributed by atoms with Crippen molar-refractivity contribution in [1.82, 2.24) is 4.90 Å². The summed E-state index contributed by atoms with van der Waals surface area (Å²) in [5.41, 5.74) is 0. The van der Waals surface area contributed by atoms with Crippen LogP contribution in [0.5, 0.6) is 0 Å². The molecule has 2 nitrogen and oxygen atoms in total. The minimum Gasteiger partial charge on any atom is -0.370 e. The van der Waals surface area contributed by atoms with E-state index in [0.717, 1.165) is 17.3 Å². The normalized spacial score (nSPS) is 9.92. The van der Waals surface area contributed by atoms with Crippen molar-refractivity contribution in [2.75, 3.05) is 26.6 Å². The predicted octanol–water partition coefficient (Wildman–Crippen LogP) is 2.34. The minimum absolute atomic E-state index is 0.678. The second kappa shape index (κ2) is 7.83. The summed E-state index contributed by atoms with van der Waals surface area (Å²) >= 11 is 6.63. The molecule has 0 fully saturated rings. The quantitative estimate of drug-likeness (QED) is 0.389. The summed E-state index contributed by atoms with van der Waals surface area (Å²) in [6, 6.07) is 0. The van der Waals surface area contributed by atoms with Crippen LogP contribution in [0.25, 0.3) is 0 Å². The van der Waals surface area contributed by atoms with Crippen LogP contribution in [0.4, 0.5) is 0 Å². The molecule has 0 amide bonds. The van der Waals surface area contributed by atoms with Crippen molar-refractivity contribution in [2.24, 2.45) is 0 Å². The van der Waals surface area contributed by atoms with Crippen molar-refractivity contribution >= 4 is 28.3 Å². The highest BCUT2D eigenvalue weighted by atomic mass is 32.2. The van der Waals surface area contributed by atoms with E-state index < -0.39 is 0 Å². The number of thioether (sulfide) groups is 1. The predicted molar refractivity (Wildman–Crippen MR) is 59.6 cm³/mol. The highest BCUT2D eigenvalue weighted by Gasteiger charge is 1.98. The molecule has 0 N–H and O–H groups in total. The van der Waals surface area contributed by atoms with Crippen LogP contribution in [0.1, 0.15) is 19.8 Å². The Hall–Kier alpha value is 0.200. The lowest BCUT2D eigenvalue weighted by molar-refractivity contribution is 0.179. The molecule has 0 aliphatic rings. The van der Waals surface area contributed by atoms with E-state index in [2.05, 4.69) is 6.92 Å². The molecule has 0 aromatic carbocycles. The molecule has 4 heteroatoms. The zero-order chi connectivity index (χ0) is 9.40. The molecule has 0 spiro atoms. The van der Waals surface area contributed by atoms with E-state index in [-0.39, 0.29) is 0 Å². The van der Waals surface area contributed by atoms with Gasteiger partial charge in [0.2, 0.25) is 0 Å². The molecule has 0 saturated carbocycles. The van der Waals surface area contributed by atoms with E-state index in [9.17, 15) is 0 Å². The van der Waals surface area contributed by atoms with Crippen molar-refractivity contribution in [1.29, 1.82) is 0 Å². The second-order valence-electron chi connectivity index (χ2n) is 2.68. The van der Waals surface area contributed by atoms with Crippen molar-refractivity contribution < 1.29 is 4.74 Å². The molecule has 0 radical (unpaired) electrons. The van der Waals surface area contributed by atoms with E-state index >= 15 is 0 Å². The molecule has 0 unspecified atom stereocenters. The number of nitrogens with zero attached hydrogens (tertiary/aromatic N) is 1. The van der Waals surface area contributed by atoms with Gasteiger partial charge in [0, 0.05) is 20.7 Å². The second-order valence-corrected chi connectivity index (χ2v) is 4.24. The van der Waals surface area contributed by atoms with Crippen LogP contribution >= 0.6 is 24.0 Å². The van der Waals surface area contributed by atoms with Gasteiger partial charge in [-0.25, -0.2) is 0 Å². The third kappa shape index (κ3) is 6.88. The van der Waals surface area contributed by atoms with Crippen molar-refractivity contribution in [3.05, 3.63) is 0 Å².